The van der Waals surface area contributed by atoms with Crippen molar-refractivity contribution in [3.8, 4) is 0 Å². The highest BCUT2D eigenvalue weighted by Crippen LogP contribution is 2.10. The number of carbonyl (C=O) groups is 1. The van der Waals surface area contributed by atoms with Gasteiger partial charge < -0.3 is 9.94 Å². The number of rotatable bonds is 6. The topological polar surface area (TPSA) is 127 Å². The zero-order valence-electron chi connectivity index (χ0n) is 13.8. The maximum atomic E-state index is 10.7. The van der Waals surface area contributed by atoms with Crippen molar-refractivity contribution in [1.82, 2.24) is 25.2 Å². The molecule has 1 aromatic carbocycles. The standard InChI is InChI=1S/C16H15N7O3/c1-23-15(19-21-22-23)14(11-6-3-2-4-7-11)20-26-10-12-8-5-9-13(17-12)18-16(24)25/h2-9H,10H2,1H3,(H,17,18)(H,24,25)/b20-14-. The van der Waals surface area contributed by atoms with Gasteiger partial charge in [0.15, 0.2) is 12.3 Å². The number of aromatic nitrogens is 5. The maximum Gasteiger partial charge on any atom is 0.410 e. The first kappa shape index (κ1) is 17.0. The lowest BCUT2D eigenvalue weighted by Gasteiger charge is -2.06. The molecule has 10 nitrogen and oxygen atoms in total. The number of tetrazole rings is 1. The van der Waals surface area contributed by atoms with Crippen LogP contribution in [-0.2, 0) is 18.5 Å². The minimum Gasteiger partial charge on any atom is -0.465 e. The average molecular weight is 353 g/mol. The van der Waals surface area contributed by atoms with Crippen molar-refractivity contribution in [1.29, 1.82) is 0 Å². The molecule has 0 saturated heterocycles. The summed E-state index contributed by atoms with van der Waals surface area (Å²) in [7, 11) is 1.70. The molecule has 2 heterocycles. The van der Waals surface area contributed by atoms with E-state index in [1.54, 1.807) is 25.2 Å². The van der Waals surface area contributed by atoms with Gasteiger partial charge in [0.05, 0.1) is 5.69 Å². The number of nitrogens with one attached hydrogen (secondary N) is 1. The van der Waals surface area contributed by atoms with Crippen LogP contribution in [0.2, 0.25) is 0 Å². The third-order valence-electron chi connectivity index (χ3n) is 3.29. The Kier molecular flexibility index (Phi) is 5.13. The Morgan fingerprint density at radius 2 is 2.04 bits per heavy atom. The van der Waals surface area contributed by atoms with Gasteiger partial charge in [0.2, 0.25) is 5.82 Å². The molecule has 26 heavy (non-hydrogen) atoms. The molecule has 0 bridgehead atoms. The number of hydrogen-bond donors (Lipinski definition) is 2. The Morgan fingerprint density at radius 3 is 2.73 bits per heavy atom. The van der Waals surface area contributed by atoms with Gasteiger partial charge in [0.1, 0.15) is 5.82 Å². The highest BCUT2D eigenvalue weighted by atomic mass is 16.6. The third-order valence-corrected chi connectivity index (χ3v) is 3.29. The molecule has 0 atom stereocenters. The molecule has 0 saturated carbocycles. The Morgan fingerprint density at radius 1 is 1.23 bits per heavy atom. The van der Waals surface area contributed by atoms with Gasteiger partial charge in [0, 0.05) is 12.6 Å². The molecular weight excluding hydrogens is 338 g/mol. The molecule has 0 unspecified atom stereocenters. The van der Waals surface area contributed by atoms with Gasteiger partial charge in [-0.2, -0.15) is 0 Å². The van der Waals surface area contributed by atoms with Crippen LogP contribution in [0.4, 0.5) is 10.6 Å². The molecule has 0 radical (unpaired) electrons. The summed E-state index contributed by atoms with van der Waals surface area (Å²) in [5.74, 6) is 0.661. The van der Waals surface area contributed by atoms with Crippen LogP contribution in [0.5, 0.6) is 0 Å². The van der Waals surface area contributed by atoms with Gasteiger partial charge >= 0.3 is 6.09 Å². The molecule has 1 amide bonds. The molecule has 3 rings (SSSR count). The lowest BCUT2D eigenvalue weighted by atomic mass is 10.1. The molecule has 0 spiro atoms. The first-order valence-corrected chi connectivity index (χ1v) is 7.57. The van der Waals surface area contributed by atoms with Crippen molar-refractivity contribution in [2.75, 3.05) is 5.32 Å². The summed E-state index contributed by atoms with van der Waals surface area (Å²) >= 11 is 0. The summed E-state index contributed by atoms with van der Waals surface area (Å²) < 4.78 is 1.49. The van der Waals surface area contributed by atoms with Crippen LogP contribution < -0.4 is 5.32 Å². The van der Waals surface area contributed by atoms with E-state index >= 15 is 0 Å². The summed E-state index contributed by atoms with van der Waals surface area (Å²) in [5, 5.41) is 26.5. The molecule has 2 aromatic heterocycles. The van der Waals surface area contributed by atoms with Crippen molar-refractivity contribution in [2.24, 2.45) is 12.2 Å². The summed E-state index contributed by atoms with van der Waals surface area (Å²) in [6.07, 6.45) is -1.19. The highest BCUT2D eigenvalue weighted by molar-refractivity contribution is 6.10. The van der Waals surface area contributed by atoms with Crippen molar-refractivity contribution in [3.63, 3.8) is 0 Å². The van der Waals surface area contributed by atoms with Crippen molar-refractivity contribution >= 4 is 17.6 Å². The van der Waals surface area contributed by atoms with Crippen molar-refractivity contribution in [2.45, 2.75) is 6.61 Å². The quantitative estimate of drug-likeness (QED) is 0.509. The average Bonchev–Trinajstić information content (AvgIpc) is 3.05. The lowest BCUT2D eigenvalue weighted by Crippen LogP contribution is -2.12. The Labute approximate surface area is 148 Å². The number of anilines is 1. The van der Waals surface area contributed by atoms with Gasteiger partial charge in [-0.15, -0.1) is 5.10 Å². The molecular formula is C16H15N7O3. The molecule has 3 aromatic rings. The van der Waals surface area contributed by atoms with Gasteiger partial charge in [-0.05, 0) is 22.6 Å². The molecule has 10 heteroatoms. The van der Waals surface area contributed by atoms with Crippen LogP contribution in [0.1, 0.15) is 17.1 Å². The number of oxime groups is 1. The number of carboxylic acid groups (broad SMARTS) is 1. The van der Waals surface area contributed by atoms with Crippen molar-refractivity contribution in [3.05, 3.63) is 65.6 Å². The van der Waals surface area contributed by atoms with E-state index in [1.165, 1.54) is 4.68 Å². The van der Waals surface area contributed by atoms with Crippen LogP contribution in [0.25, 0.3) is 0 Å². The summed E-state index contributed by atoms with van der Waals surface area (Å²) in [4.78, 5) is 20.2. The molecule has 0 aliphatic rings. The third kappa shape index (κ3) is 4.17. The largest absolute Gasteiger partial charge is 0.465 e. The van der Waals surface area contributed by atoms with Crippen LogP contribution in [0.3, 0.4) is 0 Å². The molecule has 132 valence electrons. The van der Waals surface area contributed by atoms with E-state index in [0.29, 0.717) is 17.2 Å². The zero-order chi connectivity index (χ0) is 18.4. The number of pyridine rings is 1. The summed E-state index contributed by atoms with van der Waals surface area (Å²) in [6.45, 7) is 0.0523. The number of nitrogens with zero attached hydrogens (tertiary/aromatic N) is 6. The predicted molar refractivity (Wildman–Crippen MR) is 91.6 cm³/mol. The fourth-order valence-electron chi connectivity index (χ4n) is 2.15. The van der Waals surface area contributed by atoms with Crippen LogP contribution >= 0.6 is 0 Å². The Bertz CT molecular complexity index is 924. The van der Waals surface area contributed by atoms with E-state index in [0.717, 1.165) is 5.56 Å². The summed E-state index contributed by atoms with van der Waals surface area (Å²) in [5.41, 5.74) is 1.78. The fraction of sp³-hybridized carbons (Fsp3) is 0.125. The maximum absolute atomic E-state index is 10.7. The monoisotopic (exact) mass is 353 g/mol. The molecule has 0 fully saturated rings. The second-order valence-corrected chi connectivity index (χ2v) is 5.15. The Hall–Kier alpha value is -3.82. The van der Waals surface area contributed by atoms with Crippen LogP contribution in [0, 0.1) is 0 Å². The zero-order valence-corrected chi connectivity index (χ0v) is 13.8. The molecule has 0 aliphatic carbocycles. The van der Waals surface area contributed by atoms with Crippen LogP contribution in [0.15, 0.2) is 53.7 Å². The van der Waals surface area contributed by atoms with Gasteiger partial charge in [0.25, 0.3) is 0 Å². The minimum absolute atomic E-state index is 0.0523. The van der Waals surface area contributed by atoms with E-state index in [-0.39, 0.29) is 12.4 Å². The molecule has 2 N–H and O–H groups in total. The second-order valence-electron chi connectivity index (χ2n) is 5.15. The van der Waals surface area contributed by atoms with Crippen molar-refractivity contribution < 1.29 is 14.7 Å². The SMILES string of the molecule is Cn1nnnc1/C(=N\OCc1cccc(NC(=O)O)n1)c1ccccc1. The van der Waals surface area contributed by atoms with Crippen LogP contribution in [-0.4, -0.2) is 42.1 Å². The number of amides is 1. The van der Waals surface area contributed by atoms with Gasteiger partial charge in [-0.1, -0.05) is 41.6 Å². The fourth-order valence-corrected chi connectivity index (χ4v) is 2.15. The second kappa shape index (κ2) is 7.83. The highest BCUT2D eigenvalue weighted by Gasteiger charge is 2.14. The van der Waals surface area contributed by atoms with Gasteiger partial charge in [-0.25, -0.2) is 14.5 Å². The first-order chi connectivity index (χ1) is 12.6. The molecule has 0 aliphatic heterocycles. The predicted octanol–water partition coefficient (Wildman–Crippen LogP) is 1.66. The van der Waals surface area contributed by atoms with E-state index in [1.807, 2.05) is 30.3 Å². The lowest BCUT2D eigenvalue weighted by molar-refractivity contribution is 0.128. The normalized spacial score (nSPS) is 11.2. The minimum atomic E-state index is -1.19. The number of benzene rings is 1. The van der Waals surface area contributed by atoms with E-state index < -0.39 is 6.09 Å². The van der Waals surface area contributed by atoms with E-state index in [2.05, 4.69) is 31.0 Å². The van der Waals surface area contributed by atoms with Gasteiger partial charge in [-0.3, -0.25) is 5.32 Å². The van der Waals surface area contributed by atoms with E-state index in [9.17, 15) is 4.79 Å². The Balaban J connectivity index is 1.80. The first-order valence-electron chi connectivity index (χ1n) is 7.57. The number of hydrogen-bond acceptors (Lipinski definition) is 7. The van der Waals surface area contributed by atoms with E-state index in [4.69, 9.17) is 9.94 Å². The summed E-state index contributed by atoms with van der Waals surface area (Å²) in [6, 6.07) is 14.3. The number of aryl methyl sites for hydroxylation is 1. The smallest absolute Gasteiger partial charge is 0.410 e.